The summed E-state index contributed by atoms with van der Waals surface area (Å²) in [6.45, 7) is 2.24. The SMILES string of the molecule is CC1=Cc2c(cc(-c3ccccc3)cc2N2c3ccccc3Sc3ccccc32)C1. The Morgan fingerprint density at radius 2 is 1.30 bits per heavy atom. The average Bonchev–Trinajstić information content (AvgIpc) is 3.17. The standard InChI is InChI=1S/C28H21NS/c1-19-15-22-17-21(20-9-3-2-4-10-20)18-26(23(22)16-19)29-24-11-5-7-13-27(24)30-28-14-8-6-12-25(28)29/h2-14,16-18H,15H2,1H3. The molecule has 0 amide bonds. The lowest BCUT2D eigenvalue weighted by Gasteiger charge is -2.34. The Bertz CT molecular complexity index is 1260. The van der Waals surface area contributed by atoms with Crippen molar-refractivity contribution in [2.24, 2.45) is 0 Å². The lowest BCUT2D eigenvalue weighted by molar-refractivity contribution is 1.15. The van der Waals surface area contributed by atoms with Gasteiger partial charge < -0.3 is 4.90 Å². The zero-order valence-corrected chi connectivity index (χ0v) is 17.6. The van der Waals surface area contributed by atoms with E-state index in [-0.39, 0.29) is 0 Å². The molecule has 30 heavy (non-hydrogen) atoms. The van der Waals surface area contributed by atoms with E-state index in [9.17, 15) is 0 Å². The van der Waals surface area contributed by atoms with Gasteiger partial charge >= 0.3 is 0 Å². The summed E-state index contributed by atoms with van der Waals surface area (Å²) in [6, 6.07) is 33.0. The first-order valence-electron chi connectivity index (χ1n) is 10.3. The van der Waals surface area contributed by atoms with Gasteiger partial charge in [0.1, 0.15) is 0 Å². The van der Waals surface area contributed by atoms with Crippen molar-refractivity contribution < 1.29 is 0 Å². The molecule has 6 rings (SSSR count). The van der Waals surface area contributed by atoms with E-state index in [0.29, 0.717) is 0 Å². The quantitative estimate of drug-likeness (QED) is 0.292. The second-order valence-corrected chi connectivity index (χ2v) is 9.06. The van der Waals surface area contributed by atoms with Gasteiger partial charge in [-0.2, -0.15) is 0 Å². The van der Waals surface area contributed by atoms with Crippen LogP contribution in [0.2, 0.25) is 0 Å². The Morgan fingerprint density at radius 3 is 2.00 bits per heavy atom. The van der Waals surface area contributed by atoms with E-state index in [1.165, 1.54) is 54.7 Å². The fourth-order valence-corrected chi connectivity index (χ4v) is 5.61. The van der Waals surface area contributed by atoms with Crippen LogP contribution in [-0.2, 0) is 6.42 Å². The van der Waals surface area contributed by atoms with Crippen LogP contribution in [0, 0.1) is 0 Å². The van der Waals surface area contributed by atoms with Crippen LogP contribution in [0.3, 0.4) is 0 Å². The number of rotatable bonds is 2. The third-order valence-electron chi connectivity index (χ3n) is 5.88. The summed E-state index contributed by atoms with van der Waals surface area (Å²) < 4.78 is 0. The minimum atomic E-state index is 1.02. The van der Waals surface area contributed by atoms with Gasteiger partial charge in [-0.05, 0) is 60.4 Å². The van der Waals surface area contributed by atoms with Gasteiger partial charge in [0.15, 0.2) is 0 Å². The third kappa shape index (κ3) is 2.79. The van der Waals surface area contributed by atoms with Crippen molar-refractivity contribution in [3.63, 3.8) is 0 Å². The van der Waals surface area contributed by atoms with Gasteiger partial charge in [0, 0.05) is 15.4 Å². The first-order valence-corrected chi connectivity index (χ1v) is 11.2. The lowest BCUT2D eigenvalue weighted by atomic mass is 9.97. The molecule has 0 saturated heterocycles. The number of nitrogens with zero attached hydrogens (tertiary/aromatic N) is 1. The van der Waals surface area contributed by atoms with Gasteiger partial charge in [0.05, 0.1) is 17.1 Å². The maximum Gasteiger partial charge on any atom is 0.0601 e. The summed E-state index contributed by atoms with van der Waals surface area (Å²) in [6.07, 6.45) is 3.39. The molecule has 144 valence electrons. The number of para-hydroxylation sites is 2. The van der Waals surface area contributed by atoms with Gasteiger partial charge in [0.2, 0.25) is 0 Å². The Balaban J connectivity index is 1.64. The highest BCUT2D eigenvalue weighted by atomic mass is 32.2. The second-order valence-electron chi connectivity index (χ2n) is 7.97. The second kappa shape index (κ2) is 6.93. The van der Waals surface area contributed by atoms with Crippen molar-refractivity contribution in [3.05, 3.63) is 108 Å². The summed E-state index contributed by atoms with van der Waals surface area (Å²) >= 11 is 1.86. The van der Waals surface area contributed by atoms with Gasteiger partial charge in [0.25, 0.3) is 0 Å². The number of hydrogen-bond donors (Lipinski definition) is 0. The molecule has 0 N–H and O–H groups in total. The maximum absolute atomic E-state index is 2.46. The number of anilines is 3. The fraction of sp³-hybridized carbons (Fsp3) is 0.0714. The van der Waals surface area contributed by atoms with E-state index >= 15 is 0 Å². The van der Waals surface area contributed by atoms with Crippen molar-refractivity contribution in [2.75, 3.05) is 4.90 Å². The molecular formula is C28H21NS. The van der Waals surface area contributed by atoms with Crippen LogP contribution in [-0.4, -0.2) is 0 Å². The van der Waals surface area contributed by atoms with Gasteiger partial charge in [-0.25, -0.2) is 0 Å². The highest BCUT2D eigenvalue weighted by Gasteiger charge is 2.28. The lowest BCUT2D eigenvalue weighted by Crippen LogP contribution is -2.16. The largest absolute Gasteiger partial charge is 0.308 e. The van der Waals surface area contributed by atoms with Crippen molar-refractivity contribution in [2.45, 2.75) is 23.1 Å². The summed E-state index contributed by atoms with van der Waals surface area (Å²) in [4.78, 5) is 5.06. The summed E-state index contributed by atoms with van der Waals surface area (Å²) in [7, 11) is 0. The molecule has 0 bridgehead atoms. The summed E-state index contributed by atoms with van der Waals surface area (Å²) in [5, 5.41) is 0. The molecule has 0 spiro atoms. The molecule has 4 aromatic carbocycles. The van der Waals surface area contributed by atoms with E-state index in [4.69, 9.17) is 0 Å². The maximum atomic E-state index is 2.46. The average molecular weight is 404 g/mol. The minimum absolute atomic E-state index is 1.02. The number of allylic oxidation sites excluding steroid dienone is 1. The molecule has 2 heteroatoms. The van der Waals surface area contributed by atoms with Crippen LogP contribution >= 0.6 is 11.8 Å². The van der Waals surface area contributed by atoms with Crippen molar-refractivity contribution in [3.8, 4) is 11.1 Å². The zero-order chi connectivity index (χ0) is 20.1. The summed E-state index contributed by atoms with van der Waals surface area (Å²) in [5.41, 5.74) is 10.5. The molecule has 0 atom stereocenters. The van der Waals surface area contributed by atoms with Gasteiger partial charge in [-0.1, -0.05) is 84.1 Å². The molecule has 0 aromatic heterocycles. The first-order chi connectivity index (χ1) is 14.8. The molecule has 0 fully saturated rings. The molecular weight excluding hydrogens is 382 g/mol. The smallest absolute Gasteiger partial charge is 0.0601 e. The molecule has 1 aliphatic carbocycles. The minimum Gasteiger partial charge on any atom is -0.308 e. The van der Waals surface area contributed by atoms with Crippen molar-refractivity contribution in [1.82, 2.24) is 0 Å². The van der Waals surface area contributed by atoms with E-state index < -0.39 is 0 Å². The van der Waals surface area contributed by atoms with Crippen LogP contribution in [0.5, 0.6) is 0 Å². The van der Waals surface area contributed by atoms with Crippen LogP contribution in [0.4, 0.5) is 17.1 Å². The van der Waals surface area contributed by atoms with Crippen LogP contribution < -0.4 is 4.90 Å². The molecule has 1 heterocycles. The molecule has 4 aromatic rings. The molecule has 1 nitrogen and oxygen atoms in total. The highest BCUT2D eigenvalue weighted by Crippen LogP contribution is 2.53. The Morgan fingerprint density at radius 1 is 0.667 bits per heavy atom. The molecule has 2 aliphatic rings. The normalized spacial score (nSPS) is 14.0. The van der Waals surface area contributed by atoms with Crippen molar-refractivity contribution >= 4 is 34.9 Å². The Labute approximate surface area is 181 Å². The van der Waals surface area contributed by atoms with Gasteiger partial charge in [-0.3, -0.25) is 0 Å². The zero-order valence-electron chi connectivity index (χ0n) is 16.8. The third-order valence-corrected chi connectivity index (χ3v) is 7.01. The molecule has 0 unspecified atom stereocenters. The van der Waals surface area contributed by atoms with E-state index in [1.807, 2.05) is 11.8 Å². The number of benzene rings is 4. The van der Waals surface area contributed by atoms with Gasteiger partial charge in [-0.15, -0.1) is 0 Å². The predicted octanol–water partition coefficient (Wildman–Crippen LogP) is 8.25. The predicted molar refractivity (Wildman–Crippen MR) is 128 cm³/mol. The number of fused-ring (bicyclic) bond motifs is 3. The number of hydrogen-bond acceptors (Lipinski definition) is 2. The van der Waals surface area contributed by atoms with E-state index in [2.05, 4.69) is 109 Å². The Kier molecular flexibility index (Phi) is 4.07. The fourth-order valence-electron chi connectivity index (χ4n) is 4.55. The van der Waals surface area contributed by atoms with E-state index in [1.54, 1.807) is 0 Å². The highest BCUT2D eigenvalue weighted by molar-refractivity contribution is 7.99. The molecule has 1 aliphatic heterocycles. The first kappa shape index (κ1) is 17.6. The molecule has 0 saturated carbocycles. The van der Waals surface area contributed by atoms with Crippen LogP contribution in [0.15, 0.2) is 106 Å². The van der Waals surface area contributed by atoms with Crippen LogP contribution in [0.25, 0.3) is 17.2 Å². The molecule has 0 radical (unpaired) electrons. The van der Waals surface area contributed by atoms with E-state index in [0.717, 1.165) is 6.42 Å². The summed E-state index contributed by atoms with van der Waals surface area (Å²) in [5.74, 6) is 0. The Hall–Kier alpha value is -3.23. The topological polar surface area (TPSA) is 3.24 Å². The van der Waals surface area contributed by atoms with Crippen molar-refractivity contribution in [1.29, 1.82) is 0 Å². The monoisotopic (exact) mass is 403 g/mol. The van der Waals surface area contributed by atoms with Crippen LogP contribution in [0.1, 0.15) is 18.1 Å².